The highest BCUT2D eigenvalue weighted by atomic mass is 16.5. The van der Waals surface area contributed by atoms with Gasteiger partial charge in [-0.05, 0) is 45.0 Å². The monoisotopic (exact) mass is 437 g/mol. The molecule has 0 aliphatic heterocycles. The number of methoxy groups -OCH3 is 1. The van der Waals surface area contributed by atoms with Crippen molar-refractivity contribution in [3.63, 3.8) is 0 Å². The largest absolute Gasteiger partial charge is 0.497 e. The average molecular weight is 437 g/mol. The van der Waals surface area contributed by atoms with Gasteiger partial charge in [-0.25, -0.2) is 9.59 Å². The first-order valence-electron chi connectivity index (χ1n) is 10.1. The Bertz CT molecular complexity index is 1220. The van der Waals surface area contributed by atoms with Crippen molar-refractivity contribution in [2.45, 2.75) is 20.8 Å². The van der Waals surface area contributed by atoms with Crippen molar-refractivity contribution >= 4 is 29.0 Å². The zero-order chi connectivity index (χ0) is 23.4. The summed E-state index contributed by atoms with van der Waals surface area (Å²) in [7, 11) is 1.47. The van der Waals surface area contributed by atoms with Crippen LogP contribution in [0.2, 0.25) is 0 Å². The molecule has 3 rings (SSSR count). The second-order valence-electron chi connectivity index (χ2n) is 6.83. The van der Waals surface area contributed by atoms with Crippen LogP contribution in [0, 0.1) is 0 Å². The van der Waals surface area contributed by atoms with Crippen LogP contribution in [0.1, 0.15) is 67.9 Å². The summed E-state index contributed by atoms with van der Waals surface area (Å²) in [6.07, 6.45) is 1.48. The smallest absolute Gasteiger partial charge is 0.341 e. The maximum absolute atomic E-state index is 13.6. The Labute approximate surface area is 184 Å². The number of ether oxygens (including phenoxy) is 3. The van der Waals surface area contributed by atoms with Crippen LogP contribution in [0.25, 0.3) is 5.52 Å². The zero-order valence-corrected chi connectivity index (χ0v) is 18.3. The summed E-state index contributed by atoms with van der Waals surface area (Å²) in [5, 5.41) is 0. The van der Waals surface area contributed by atoms with Crippen LogP contribution in [-0.4, -0.2) is 48.2 Å². The molecule has 0 spiro atoms. The molecule has 0 saturated heterocycles. The molecule has 2 aromatic heterocycles. The van der Waals surface area contributed by atoms with E-state index in [-0.39, 0.29) is 46.9 Å². The van der Waals surface area contributed by atoms with Gasteiger partial charge in [0.05, 0.1) is 25.8 Å². The molecule has 8 nitrogen and oxygen atoms in total. The minimum atomic E-state index is -0.838. The highest BCUT2D eigenvalue weighted by Gasteiger charge is 2.33. The van der Waals surface area contributed by atoms with E-state index < -0.39 is 17.7 Å². The van der Waals surface area contributed by atoms with Gasteiger partial charge in [0.2, 0.25) is 5.78 Å². The van der Waals surface area contributed by atoms with Gasteiger partial charge in [0.15, 0.2) is 5.78 Å². The van der Waals surface area contributed by atoms with Gasteiger partial charge in [-0.3, -0.25) is 9.59 Å². The number of esters is 2. The summed E-state index contributed by atoms with van der Waals surface area (Å²) in [5.41, 5.74) is 0.366. The summed E-state index contributed by atoms with van der Waals surface area (Å²) in [5.74, 6) is -1.93. The summed E-state index contributed by atoms with van der Waals surface area (Å²) in [6.45, 7) is 4.73. The first kappa shape index (κ1) is 22.7. The number of benzene rings is 1. The van der Waals surface area contributed by atoms with Crippen molar-refractivity contribution in [3.8, 4) is 5.75 Å². The van der Waals surface area contributed by atoms with Gasteiger partial charge in [-0.15, -0.1) is 0 Å². The number of pyridine rings is 1. The molecule has 0 saturated carbocycles. The summed E-state index contributed by atoms with van der Waals surface area (Å²) >= 11 is 0. The molecule has 0 unspecified atom stereocenters. The first-order valence-corrected chi connectivity index (χ1v) is 10.1. The van der Waals surface area contributed by atoms with E-state index >= 15 is 0 Å². The SMILES string of the molecule is CCOC(=O)c1c(C(=O)OCC)c2cc(C(C)=O)ccn2c1C(=O)c1cccc(OC)c1. The van der Waals surface area contributed by atoms with E-state index in [9.17, 15) is 19.2 Å². The summed E-state index contributed by atoms with van der Waals surface area (Å²) < 4.78 is 16.9. The number of rotatable bonds is 8. The van der Waals surface area contributed by atoms with Gasteiger partial charge in [0, 0.05) is 17.3 Å². The fourth-order valence-corrected chi connectivity index (χ4v) is 3.41. The van der Waals surface area contributed by atoms with Crippen LogP contribution in [0.3, 0.4) is 0 Å². The normalized spacial score (nSPS) is 10.6. The summed E-state index contributed by atoms with van der Waals surface area (Å²) in [6, 6.07) is 9.41. The molecule has 0 amide bonds. The lowest BCUT2D eigenvalue weighted by atomic mass is 10.0. The van der Waals surface area contributed by atoms with Crippen LogP contribution in [-0.2, 0) is 9.47 Å². The van der Waals surface area contributed by atoms with Crippen molar-refractivity contribution in [2.75, 3.05) is 20.3 Å². The highest BCUT2D eigenvalue weighted by molar-refractivity contribution is 6.20. The molecule has 3 aromatic rings. The standard InChI is InChI=1S/C24H23NO7/c1-5-31-23(28)19-18-13-15(14(3)26)10-11-25(18)21(20(19)24(29)32-6-2)22(27)16-8-7-9-17(12-16)30-4/h7-13H,5-6H2,1-4H3. The van der Waals surface area contributed by atoms with Crippen molar-refractivity contribution in [2.24, 2.45) is 0 Å². The highest BCUT2D eigenvalue weighted by Crippen LogP contribution is 2.29. The molecule has 2 heterocycles. The molecule has 0 N–H and O–H groups in total. The minimum absolute atomic E-state index is 0.0405. The maximum Gasteiger partial charge on any atom is 0.341 e. The second kappa shape index (κ2) is 9.47. The quantitative estimate of drug-likeness (QED) is 0.391. The van der Waals surface area contributed by atoms with Gasteiger partial charge in [0.25, 0.3) is 0 Å². The van der Waals surface area contributed by atoms with Crippen LogP contribution in [0.4, 0.5) is 0 Å². The van der Waals surface area contributed by atoms with Crippen molar-refractivity contribution in [1.82, 2.24) is 4.40 Å². The van der Waals surface area contributed by atoms with Crippen LogP contribution < -0.4 is 4.74 Å². The van der Waals surface area contributed by atoms with E-state index in [0.29, 0.717) is 11.3 Å². The number of carbonyl (C=O) groups is 4. The zero-order valence-electron chi connectivity index (χ0n) is 18.3. The molecule has 0 aliphatic rings. The minimum Gasteiger partial charge on any atom is -0.497 e. The Morgan fingerprint density at radius 1 is 0.875 bits per heavy atom. The van der Waals surface area contributed by atoms with E-state index in [1.54, 1.807) is 32.0 Å². The third kappa shape index (κ3) is 4.12. The van der Waals surface area contributed by atoms with E-state index in [0.717, 1.165) is 0 Å². The average Bonchev–Trinajstić information content (AvgIpc) is 3.13. The maximum atomic E-state index is 13.6. The summed E-state index contributed by atoms with van der Waals surface area (Å²) in [4.78, 5) is 51.4. The predicted octanol–water partition coefficient (Wildman–Crippen LogP) is 3.73. The Morgan fingerprint density at radius 3 is 2.12 bits per heavy atom. The molecule has 0 atom stereocenters. The number of Topliss-reactive ketones (excluding diaryl/α,β-unsaturated/α-hetero) is 1. The number of aromatic nitrogens is 1. The van der Waals surface area contributed by atoms with E-state index in [4.69, 9.17) is 14.2 Å². The second-order valence-corrected chi connectivity index (χ2v) is 6.83. The third-order valence-electron chi connectivity index (χ3n) is 4.85. The van der Waals surface area contributed by atoms with Gasteiger partial charge in [-0.2, -0.15) is 0 Å². The molecule has 32 heavy (non-hydrogen) atoms. The molecule has 8 heteroatoms. The topological polar surface area (TPSA) is 100 Å². The lowest BCUT2D eigenvalue weighted by molar-refractivity contribution is 0.0480. The van der Waals surface area contributed by atoms with Crippen molar-refractivity contribution < 1.29 is 33.4 Å². The lowest BCUT2D eigenvalue weighted by Gasteiger charge is -2.08. The van der Waals surface area contributed by atoms with E-state index in [2.05, 4.69) is 0 Å². The Kier molecular flexibility index (Phi) is 6.73. The fraction of sp³-hybridized carbons (Fsp3) is 0.250. The molecule has 0 bridgehead atoms. The van der Waals surface area contributed by atoms with Gasteiger partial charge < -0.3 is 18.6 Å². The van der Waals surface area contributed by atoms with Gasteiger partial charge >= 0.3 is 11.9 Å². The Balaban J connectivity index is 2.40. The van der Waals surface area contributed by atoms with Gasteiger partial charge in [0.1, 0.15) is 22.6 Å². The van der Waals surface area contributed by atoms with E-state index in [1.807, 2.05) is 0 Å². The fourth-order valence-electron chi connectivity index (χ4n) is 3.41. The third-order valence-corrected chi connectivity index (χ3v) is 4.85. The first-order chi connectivity index (χ1) is 15.3. The number of hydrogen-bond donors (Lipinski definition) is 0. The number of nitrogens with zero attached hydrogens (tertiary/aromatic N) is 1. The lowest BCUT2D eigenvalue weighted by Crippen LogP contribution is -2.16. The molecule has 0 fully saturated rings. The van der Waals surface area contributed by atoms with Crippen LogP contribution >= 0.6 is 0 Å². The number of fused-ring (bicyclic) bond motifs is 1. The molecular formula is C24H23NO7. The Morgan fingerprint density at radius 2 is 1.53 bits per heavy atom. The number of ketones is 2. The molecular weight excluding hydrogens is 414 g/mol. The predicted molar refractivity (Wildman–Crippen MR) is 116 cm³/mol. The van der Waals surface area contributed by atoms with Gasteiger partial charge in [-0.1, -0.05) is 12.1 Å². The van der Waals surface area contributed by atoms with Crippen molar-refractivity contribution in [3.05, 3.63) is 70.5 Å². The molecule has 0 radical (unpaired) electrons. The molecule has 0 aliphatic carbocycles. The molecule has 1 aromatic carbocycles. The van der Waals surface area contributed by atoms with Crippen LogP contribution in [0.5, 0.6) is 5.75 Å². The Hall–Kier alpha value is -3.94. The molecule has 166 valence electrons. The number of carbonyl (C=O) groups excluding carboxylic acids is 4. The van der Waals surface area contributed by atoms with E-state index in [1.165, 1.54) is 42.8 Å². The number of hydrogen-bond acceptors (Lipinski definition) is 7. The van der Waals surface area contributed by atoms with Crippen molar-refractivity contribution in [1.29, 1.82) is 0 Å². The van der Waals surface area contributed by atoms with Crippen LogP contribution in [0.15, 0.2) is 42.6 Å².